The number of anilines is 1. The van der Waals surface area contributed by atoms with Crippen LogP contribution in [0.15, 0.2) is 47.3 Å². The van der Waals surface area contributed by atoms with Gasteiger partial charge >= 0.3 is 12.4 Å². The first-order valence-electron chi connectivity index (χ1n) is 11.7. The van der Waals surface area contributed by atoms with Crippen LogP contribution >= 0.6 is 12.2 Å². The molecule has 0 unspecified atom stereocenters. The molecule has 0 aliphatic carbocycles. The topological polar surface area (TPSA) is 89.4 Å². The van der Waals surface area contributed by atoms with E-state index in [1.165, 1.54) is 35.2 Å². The summed E-state index contributed by atoms with van der Waals surface area (Å²) < 4.78 is 85.8. The van der Waals surface area contributed by atoms with E-state index < -0.39 is 46.0 Å². The lowest BCUT2D eigenvalue weighted by molar-refractivity contribution is -0.138. The number of hydrogen-bond donors (Lipinski definition) is 1. The highest BCUT2D eigenvalue weighted by atomic mass is 32.1. The SMILES string of the molecule is CC1(C)C(=O)N(c2ccc(C#N)c(C(F)(F)F)c2)C(=S)N1CCCOc1ccc2c(C(F)(F)F)cc(=O)[nH]c2c1. The second-order valence-corrected chi connectivity index (χ2v) is 9.79. The van der Waals surface area contributed by atoms with Gasteiger partial charge in [0.05, 0.1) is 40.6 Å². The van der Waals surface area contributed by atoms with Crippen LogP contribution in [0.4, 0.5) is 32.0 Å². The Morgan fingerprint density at radius 1 is 1.00 bits per heavy atom. The highest BCUT2D eigenvalue weighted by Gasteiger charge is 2.49. The van der Waals surface area contributed by atoms with Gasteiger partial charge in [-0.3, -0.25) is 14.5 Å². The molecule has 210 valence electrons. The number of nitrogens with one attached hydrogen (secondary N) is 1. The van der Waals surface area contributed by atoms with Crippen molar-refractivity contribution in [2.24, 2.45) is 0 Å². The molecule has 1 N–H and O–H groups in total. The number of benzene rings is 2. The molecule has 1 aliphatic heterocycles. The summed E-state index contributed by atoms with van der Waals surface area (Å²) in [7, 11) is 0. The molecule has 0 radical (unpaired) electrons. The number of amides is 1. The van der Waals surface area contributed by atoms with Crippen molar-refractivity contribution in [3.8, 4) is 11.8 Å². The Morgan fingerprint density at radius 2 is 1.68 bits per heavy atom. The van der Waals surface area contributed by atoms with E-state index in [0.29, 0.717) is 12.1 Å². The first-order chi connectivity index (χ1) is 18.6. The number of alkyl halides is 6. The minimum atomic E-state index is -4.82. The summed E-state index contributed by atoms with van der Waals surface area (Å²) in [6.45, 7) is 3.34. The molecule has 3 aromatic rings. The molecule has 0 bridgehead atoms. The number of hydrogen-bond acceptors (Lipinski definition) is 5. The van der Waals surface area contributed by atoms with Gasteiger partial charge in [0.25, 0.3) is 5.91 Å². The van der Waals surface area contributed by atoms with Crippen molar-refractivity contribution in [1.82, 2.24) is 9.88 Å². The Labute approximate surface area is 228 Å². The second-order valence-electron chi connectivity index (χ2n) is 9.43. The van der Waals surface area contributed by atoms with E-state index >= 15 is 0 Å². The van der Waals surface area contributed by atoms with Gasteiger partial charge in [-0.1, -0.05) is 0 Å². The fourth-order valence-electron chi connectivity index (χ4n) is 4.42. The van der Waals surface area contributed by atoms with Gasteiger partial charge in [-0.15, -0.1) is 0 Å². The lowest BCUT2D eigenvalue weighted by Gasteiger charge is -2.29. The number of carbonyl (C=O) groups is 1. The number of nitrogens with zero attached hydrogens (tertiary/aromatic N) is 3. The van der Waals surface area contributed by atoms with Crippen molar-refractivity contribution in [2.75, 3.05) is 18.1 Å². The summed E-state index contributed by atoms with van der Waals surface area (Å²) in [6, 6.07) is 8.66. The highest BCUT2D eigenvalue weighted by Crippen LogP contribution is 2.38. The normalized spacial score (nSPS) is 15.6. The Morgan fingerprint density at radius 3 is 2.30 bits per heavy atom. The number of rotatable bonds is 6. The Kier molecular flexibility index (Phi) is 7.31. The number of nitriles is 1. The van der Waals surface area contributed by atoms with Crippen LogP contribution in [-0.2, 0) is 17.1 Å². The molecule has 7 nitrogen and oxygen atoms in total. The molecule has 1 amide bonds. The van der Waals surface area contributed by atoms with Gasteiger partial charge in [-0.25, -0.2) is 0 Å². The fourth-order valence-corrected chi connectivity index (χ4v) is 4.93. The van der Waals surface area contributed by atoms with Crippen LogP contribution in [0.5, 0.6) is 5.75 Å². The Hall–Kier alpha value is -4.12. The molecule has 14 heteroatoms. The number of H-pyrrole nitrogens is 1. The van der Waals surface area contributed by atoms with Crippen molar-refractivity contribution < 1.29 is 35.9 Å². The molecule has 1 fully saturated rings. The molecule has 0 saturated carbocycles. The zero-order valence-electron chi connectivity index (χ0n) is 20.9. The van der Waals surface area contributed by atoms with Crippen molar-refractivity contribution in [3.05, 3.63) is 69.5 Å². The van der Waals surface area contributed by atoms with E-state index in [1.54, 1.807) is 13.8 Å². The molecule has 2 aromatic carbocycles. The van der Waals surface area contributed by atoms with Crippen molar-refractivity contribution in [1.29, 1.82) is 5.26 Å². The largest absolute Gasteiger partial charge is 0.493 e. The molecule has 0 atom stereocenters. The number of aromatic nitrogens is 1. The van der Waals surface area contributed by atoms with E-state index in [1.807, 2.05) is 0 Å². The van der Waals surface area contributed by atoms with Gasteiger partial charge in [0, 0.05) is 24.1 Å². The van der Waals surface area contributed by atoms with Gasteiger partial charge in [0.1, 0.15) is 11.3 Å². The van der Waals surface area contributed by atoms with Crippen molar-refractivity contribution >= 4 is 39.8 Å². The summed E-state index contributed by atoms with van der Waals surface area (Å²) in [5, 5.41) is 8.81. The molecule has 40 heavy (non-hydrogen) atoms. The molecule has 1 aromatic heterocycles. The molecule has 1 saturated heterocycles. The molecule has 1 aliphatic rings. The molecular formula is C26H20F6N4O3S. The van der Waals surface area contributed by atoms with E-state index in [4.69, 9.17) is 22.2 Å². The predicted octanol–water partition coefficient (Wildman–Crippen LogP) is 5.62. The average molecular weight is 583 g/mol. The number of carbonyl (C=O) groups excluding carboxylic acids is 1. The monoisotopic (exact) mass is 582 g/mol. The first kappa shape index (κ1) is 28.9. The summed E-state index contributed by atoms with van der Waals surface area (Å²) in [5.74, 6) is -0.365. The van der Waals surface area contributed by atoms with Crippen molar-refractivity contribution in [3.63, 3.8) is 0 Å². The van der Waals surface area contributed by atoms with Gasteiger partial charge in [-0.2, -0.15) is 31.6 Å². The summed E-state index contributed by atoms with van der Waals surface area (Å²) in [4.78, 5) is 29.8. The van der Waals surface area contributed by atoms with E-state index in [2.05, 4.69) is 4.98 Å². The predicted molar refractivity (Wildman–Crippen MR) is 137 cm³/mol. The standard InChI is InChI=1S/C26H20F6N4O3S/c1-24(2)22(38)36(15-5-4-14(13-33)18(10-15)25(27,28)29)23(40)35(24)8-3-9-39-16-6-7-17-19(26(30,31)32)12-21(37)34-20(17)11-16/h4-7,10-12H,3,8-9H2,1-2H3,(H,34,37). The number of pyridine rings is 1. The number of ether oxygens (including phenoxy) is 1. The zero-order valence-corrected chi connectivity index (χ0v) is 21.7. The molecular weight excluding hydrogens is 562 g/mol. The van der Waals surface area contributed by atoms with Crippen LogP contribution in [0.1, 0.15) is 37.0 Å². The average Bonchev–Trinajstić information content (AvgIpc) is 3.03. The van der Waals surface area contributed by atoms with Crippen LogP contribution in [-0.4, -0.2) is 39.6 Å². The molecule has 4 rings (SSSR count). The Balaban J connectivity index is 1.48. The summed E-state index contributed by atoms with van der Waals surface area (Å²) in [5.41, 5.74) is -5.15. The van der Waals surface area contributed by atoms with Crippen LogP contribution in [0.3, 0.4) is 0 Å². The summed E-state index contributed by atoms with van der Waals surface area (Å²) in [6.07, 6.45) is -9.25. The zero-order chi connectivity index (χ0) is 29.6. The minimum absolute atomic E-state index is 0.0317. The van der Waals surface area contributed by atoms with E-state index in [-0.39, 0.29) is 47.0 Å². The second kappa shape index (κ2) is 10.1. The third-order valence-electron chi connectivity index (χ3n) is 6.43. The van der Waals surface area contributed by atoms with Gasteiger partial charge in [0.2, 0.25) is 5.56 Å². The van der Waals surface area contributed by atoms with E-state index in [0.717, 1.165) is 11.0 Å². The van der Waals surface area contributed by atoms with Crippen LogP contribution in [0.25, 0.3) is 10.9 Å². The lowest BCUT2D eigenvalue weighted by atomic mass is 10.0. The molecule has 0 spiro atoms. The van der Waals surface area contributed by atoms with Crippen molar-refractivity contribution in [2.45, 2.75) is 38.2 Å². The van der Waals surface area contributed by atoms with Crippen LogP contribution in [0, 0.1) is 11.3 Å². The lowest BCUT2D eigenvalue weighted by Crippen LogP contribution is -2.44. The number of halogens is 6. The quantitative estimate of drug-likeness (QED) is 0.231. The highest BCUT2D eigenvalue weighted by molar-refractivity contribution is 7.80. The van der Waals surface area contributed by atoms with Gasteiger partial charge < -0.3 is 14.6 Å². The van der Waals surface area contributed by atoms with Gasteiger partial charge in [-0.05, 0) is 62.8 Å². The molecule has 2 heterocycles. The maximum Gasteiger partial charge on any atom is 0.417 e. The number of thiocarbonyl (C=S) groups is 1. The van der Waals surface area contributed by atoms with Crippen LogP contribution < -0.4 is 15.2 Å². The maximum absolute atomic E-state index is 13.5. The Bertz CT molecular complexity index is 1610. The number of fused-ring (bicyclic) bond motifs is 1. The number of aromatic amines is 1. The summed E-state index contributed by atoms with van der Waals surface area (Å²) >= 11 is 5.44. The maximum atomic E-state index is 13.5. The fraction of sp³-hybridized carbons (Fsp3) is 0.308. The smallest absolute Gasteiger partial charge is 0.417 e. The van der Waals surface area contributed by atoms with Gasteiger partial charge in [0.15, 0.2) is 5.11 Å². The van der Waals surface area contributed by atoms with E-state index in [9.17, 15) is 35.9 Å². The van der Waals surface area contributed by atoms with Crippen LogP contribution in [0.2, 0.25) is 0 Å². The first-order valence-corrected chi connectivity index (χ1v) is 12.1. The third kappa shape index (κ3) is 5.33. The third-order valence-corrected chi connectivity index (χ3v) is 6.83. The minimum Gasteiger partial charge on any atom is -0.493 e.